The van der Waals surface area contributed by atoms with E-state index in [9.17, 15) is 14.0 Å². The highest BCUT2D eigenvalue weighted by atomic mass is 79.9. The molecule has 0 aliphatic rings. The zero-order valence-corrected chi connectivity index (χ0v) is 15.0. The van der Waals surface area contributed by atoms with Gasteiger partial charge in [-0.25, -0.2) is 4.39 Å². The number of halogens is 2. The molecule has 0 radical (unpaired) electrons. The molecule has 0 unspecified atom stereocenters. The maximum absolute atomic E-state index is 13.7. The molecule has 0 fully saturated rings. The van der Waals surface area contributed by atoms with Crippen LogP contribution in [-0.4, -0.2) is 30.2 Å². The van der Waals surface area contributed by atoms with Crippen molar-refractivity contribution in [3.05, 3.63) is 63.9 Å². The molecule has 0 aliphatic heterocycles. The Balaban J connectivity index is 1.95. The molecule has 126 valence electrons. The number of carbonyl (C=O) groups excluding carboxylic acids is 2. The number of hydrogen-bond acceptors (Lipinski definition) is 3. The number of carbonyl (C=O) groups is 2. The number of nitrogens with zero attached hydrogens (tertiary/aromatic N) is 1. The van der Waals surface area contributed by atoms with E-state index in [1.807, 2.05) is 0 Å². The van der Waals surface area contributed by atoms with Gasteiger partial charge >= 0.3 is 0 Å². The molecule has 0 saturated heterocycles. The van der Waals surface area contributed by atoms with Gasteiger partial charge in [0.25, 0.3) is 5.91 Å². The number of ether oxygens (including phenoxy) is 1. The summed E-state index contributed by atoms with van der Waals surface area (Å²) < 4.78 is 19.9. The Hall–Kier alpha value is -2.21. The van der Waals surface area contributed by atoms with Crippen LogP contribution in [0.3, 0.4) is 0 Å². The van der Waals surface area contributed by atoms with Gasteiger partial charge in [-0.05, 0) is 37.3 Å². The minimum atomic E-state index is -0.368. The van der Waals surface area contributed by atoms with Gasteiger partial charge in [-0.1, -0.05) is 28.1 Å². The molecule has 24 heavy (non-hydrogen) atoms. The highest BCUT2D eigenvalue weighted by molar-refractivity contribution is 9.10. The molecule has 1 amide bonds. The Morgan fingerprint density at radius 1 is 1.21 bits per heavy atom. The van der Waals surface area contributed by atoms with E-state index >= 15 is 0 Å². The van der Waals surface area contributed by atoms with Crippen LogP contribution in [-0.2, 0) is 11.3 Å². The molecule has 0 aromatic heterocycles. The van der Waals surface area contributed by atoms with Gasteiger partial charge < -0.3 is 9.64 Å². The smallest absolute Gasteiger partial charge is 0.260 e. The third-order valence-corrected chi connectivity index (χ3v) is 3.94. The first-order chi connectivity index (χ1) is 11.4. The minimum Gasteiger partial charge on any atom is -0.484 e. The van der Waals surface area contributed by atoms with Crippen molar-refractivity contribution in [3.8, 4) is 5.75 Å². The Labute approximate surface area is 148 Å². The number of amides is 1. The summed E-state index contributed by atoms with van der Waals surface area (Å²) in [5.41, 5.74) is 0.934. The van der Waals surface area contributed by atoms with Crippen molar-refractivity contribution in [2.24, 2.45) is 0 Å². The van der Waals surface area contributed by atoms with Crippen molar-refractivity contribution < 1.29 is 18.7 Å². The second kappa shape index (κ2) is 8.06. The van der Waals surface area contributed by atoms with Crippen LogP contribution in [0.4, 0.5) is 4.39 Å². The van der Waals surface area contributed by atoms with Gasteiger partial charge in [0.15, 0.2) is 12.4 Å². The molecule has 0 bridgehead atoms. The molecule has 2 rings (SSSR count). The Bertz CT molecular complexity index is 764. The molecule has 0 atom stereocenters. The normalized spacial score (nSPS) is 10.3. The molecule has 4 nitrogen and oxygen atoms in total. The fourth-order valence-corrected chi connectivity index (χ4v) is 2.48. The molecular weight excluding hydrogens is 377 g/mol. The van der Waals surface area contributed by atoms with Gasteiger partial charge in [-0.15, -0.1) is 0 Å². The molecule has 0 spiro atoms. The second-order valence-electron chi connectivity index (χ2n) is 5.36. The Kier molecular flexibility index (Phi) is 6.09. The van der Waals surface area contributed by atoms with Crippen molar-refractivity contribution >= 4 is 27.6 Å². The van der Waals surface area contributed by atoms with E-state index < -0.39 is 0 Å². The van der Waals surface area contributed by atoms with Gasteiger partial charge in [0, 0.05) is 29.2 Å². The highest BCUT2D eigenvalue weighted by Gasteiger charge is 2.13. The van der Waals surface area contributed by atoms with Crippen LogP contribution in [0, 0.1) is 5.82 Å². The standard InChI is InChI=1S/C18H17BrFNO3/c1-12(22)13-4-3-5-16(9-13)24-11-18(23)21(2)10-14-8-15(19)6-7-17(14)20/h3-9H,10-11H2,1-2H3. The Morgan fingerprint density at radius 3 is 2.67 bits per heavy atom. The summed E-state index contributed by atoms with van der Waals surface area (Å²) in [6, 6.07) is 11.2. The van der Waals surface area contributed by atoms with Crippen LogP contribution in [0.2, 0.25) is 0 Å². The van der Waals surface area contributed by atoms with E-state index in [0.29, 0.717) is 16.9 Å². The van der Waals surface area contributed by atoms with Crippen molar-refractivity contribution in [2.45, 2.75) is 13.5 Å². The fourth-order valence-electron chi connectivity index (χ4n) is 2.07. The topological polar surface area (TPSA) is 46.6 Å². The lowest BCUT2D eigenvalue weighted by Gasteiger charge is -2.18. The number of Topliss-reactive ketones (excluding diaryl/α,β-unsaturated/α-hetero) is 1. The summed E-state index contributed by atoms with van der Waals surface area (Å²) >= 11 is 3.28. The molecule has 0 N–H and O–H groups in total. The first kappa shape index (κ1) is 18.1. The van der Waals surface area contributed by atoms with Crippen LogP contribution in [0.25, 0.3) is 0 Å². The summed E-state index contributed by atoms with van der Waals surface area (Å²) in [7, 11) is 1.58. The summed E-state index contributed by atoms with van der Waals surface area (Å²) in [5.74, 6) is -0.289. The van der Waals surface area contributed by atoms with Crippen LogP contribution in [0.1, 0.15) is 22.8 Å². The van der Waals surface area contributed by atoms with Crippen LogP contribution >= 0.6 is 15.9 Å². The van der Waals surface area contributed by atoms with Gasteiger partial charge in [0.05, 0.1) is 0 Å². The number of ketones is 1. The summed E-state index contributed by atoms with van der Waals surface area (Å²) in [6.07, 6.45) is 0. The first-order valence-corrected chi connectivity index (χ1v) is 8.08. The lowest BCUT2D eigenvalue weighted by atomic mass is 10.1. The van der Waals surface area contributed by atoms with Crippen molar-refractivity contribution in [3.63, 3.8) is 0 Å². The molecule has 2 aromatic rings. The zero-order valence-electron chi connectivity index (χ0n) is 13.4. The third kappa shape index (κ3) is 4.89. The maximum atomic E-state index is 13.7. The van der Waals surface area contributed by atoms with Gasteiger partial charge in [0.1, 0.15) is 11.6 Å². The predicted molar refractivity (Wildman–Crippen MR) is 92.5 cm³/mol. The first-order valence-electron chi connectivity index (χ1n) is 7.28. The van der Waals surface area contributed by atoms with Crippen LogP contribution in [0.15, 0.2) is 46.9 Å². The number of hydrogen-bond donors (Lipinski definition) is 0. The van der Waals surface area contributed by atoms with E-state index in [2.05, 4.69) is 15.9 Å². The quantitative estimate of drug-likeness (QED) is 0.700. The molecule has 6 heteroatoms. The van der Waals surface area contributed by atoms with Gasteiger partial charge in [-0.3, -0.25) is 9.59 Å². The van der Waals surface area contributed by atoms with Gasteiger partial charge in [0.2, 0.25) is 0 Å². The van der Waals surface area contributed by atoms with Gasteiger partial charge in [-0.2, -0.15) is 0 Å². The van der Waals surface area contributed by atoms with E-state index in [1.54, 1.807) is 43.4 Å². The fraction of sp³-hybridized carbons (Fsp3) is 0.222. The van der Waals surface area contributed by atoms with Crippen molar-refractivity contribution in [1.29, 1.82) is 0 Å². The summed E-state index contributed by atoms with van der Waals surface area (Å²) in [6.45, 7) is 1.42. The summed E-state index contributed by atoms with van der Waals surface area (Å²) in [4.78, 5) is 24.9. The number of rotatable bonds is 6. The lowest BCUT2D eigenvalue weighted by molar-refractivity contribution is -0.132. The van der Waals surface area contributed by atoms with Crippen molar-refractivity contribution in [2.75, 3.05) is 13.7 Å². The number of likely N-dealkylation sites (N-methyl/N-ethyl adjacent to an activating group) is 1. The highest BCUT2D eigenvalue weighted by Crippen LogP contribution is 2.17. The largest absolute Gasteiger partial charge is 0.484 e. The molecule has 0 aliphatic carbocycles. The third-order valence-electron chi connectivity index (χ3n) is 3.44. The lowest BCUT2D eigenvalue weighted by Crippen LogP contribution is -2.31. The predicted octanol–water partition coefficient (Wildman–Crippen LogP) is 3.83. The zero-order chi connectivity index (χ0) is 17.7. The average molecular weight is 394 g/mol. The van der Waals surface area contributed by atoms with Crippen LogP contribution in [0.5, 0.6) is 5.75 Å². The molecular formula is C18H17BrFNO3. The molecule has 2 aromatic carbocycles. The average Bonchev–Trinajstić information content (AvgIpc) is 2.56. The minimum absolute atomic E-state index is 0.0750. The maximum Gasteiger partial charge on any atom is 0.260 e. The van der Waals surface area contributed by atoms with E-state index in [-0.39, 0.29) is 30.7 Å². The Morgan fingerprint density at radius 2 is 1.96 bits per heavy atom. The second-order valence-corrected chi connectivity index (χ2v) is 6.27. The van der Waals surface area contributed by atoms with E-state index in [4.69, 9.17) is 4.74 Å². The SMILES string of the molecule is CC(=O)c1cccc(OCC(=O)N(C)Cc2cc(Br)ccc2F)c1. The van der Waals surface area contributed by atoms with Crippen molar-refractivity contribution in [1.82, 2.24) is 4.90 Å². The molecule has 0 heterocycles. The van der Waals surface area contributed by atoms with E-state index in [0.717, 1.165) is 4.47 Å². The summed E-state index contributed by atoms with van der Waals surface area (Å²) in [5, 5.41) is 0. The number of benzene rings is 2. The van der Waals surface area contributed by atoms with E-state index in [1.165, 1.54) is 17.9 Å². The monoisotopic (exact) mass is 393 g/mol. The molecule has 0 saturated carbocycles. The van der Waals surface area contributed by atoms with Crippen LogP contribution < -0.4 is 4.74 Å².